The Morgan fingerprint density at radius 2 is 2.00 bits per heavy atom. The Hall–Kier alpha value is -2.60. The fraction of sp³-hybridized carbons (Fsp3) is 0. The summed E-state index contributed by atoms with van der Waals surface area (Å²) >= 11 is 1.29. The van der Waals surface area contributed by atoms with Crippen molar-refractivity contribution < 1.29 is 14.1 Å². The Bertz CT molecular complexity index is 748. The van der Waals surface area contributed by atoms with E-state index in [9.17, 15) is 9.59 Å². The van der Waals surface area contributed by atoms with Gasteiger partial charge in [-0.3, -0.25) is 14.6 Å². The van der Waals surface area contributed by atoms with Crippen molar-refractivity contribution >= 4 is 22.9 Å². The van der Waals surface area contributed by atoms with Crippen LogP contribution in [0.15, 0.2) is 52.7 Å². The lowest BCUT2D eigenvalue weighted by atomic mass is 10.1. The van der Waals surface area contributed by atoms with Crippen molar-refractivity contribution in [3.05, 3.63) is 70.0 Å². The van der Waals surface area contributed by atoms with Gasteiger partial charge in [0.15, 0.2) is 5.69 Å². The van der Waals surface area contributed by atoms with Crippen LogP contribution in [0.1, 0.15) is 31.4 Å². The van der Waals surface area contributed by atoms with Crippen molar-refractivity contribution in [2.24, 2.45) is 0 Å². The van der Waals surface area contributed by atoms with Crippen LogP contribution in [-0.2, 0) is 0 Å². The Balaban J connectivity index is 1.99. The Kier molecular flexibility index (Phi) is 3.22. The number of thiophene rings is 1. The molecule has 0 saturated carbocycles. The molecule has 3 heterocycles. The lowest BCUT2D eigenvalue weighted by molar-refractivity contribution is 0.1000. The summed E-state index contributed by atoms with van der Waals surface area (Å²) < 4.78 is 4.79. The molecule has 6 heteroatoms. The minimum absolute atomic E-state index is 0.0168. The van der Waals surface area contributed by atoms with E-state index in [1.807, 2.05) is 0 Å². The molecule has 0 atom stereocenters. The van der Waals surface area contributed by atoms with Gasteiger partial charge in [0.25, 0.3) is 0 Å². The van der Waals surface area contributed by atoms with Gasteiger partial charge in [-0.2, -0.15) is 0 Å². The van der Waals surface area contributed by atoms with Crippen LogP contribution < -0.4 is 0 Å². The highest BCUT2D eigenvalue weighted by Gasteiger charge is 2.24. The van der Waals surface area contributed by atoms with Gasteiger partial charge in [-0.25, -0.2) is 0 Å². The lowest BCUT2D eigenvalue weighted by Gasteiger charge is -1.98. The van der Waals surface area contributed by atoms with E-state index in [1.165, 1.54) is 23.8 Å². The highest BCUT2D eigenvalue weighted by molar-refractivity contribution is 7.12. The van der Waals surface area contributed by atoms with Crippen molar-refractivity contribution in [3.63, 3.8) is 0 Å². The molecular weight excluding hydrogens is 276 g/mol. The number of pyridine rings is 1. The van der Waals surface area contributed by atoms with Gasteiger partial charge in [0, 0.05) is 6.20 Å². The summed E-state index contributed by atoms with van der Waals surface area (Å²) in [6.45, 7) is 0. The first-order chi connectivity index (χ1) is 9.77. The van der Waals surface area contributed by atoms with E-state index in [2.05, 4.69) is 10.1 Å². The average Bonchev–Trinajstić information content (AvgIpc) is 3.18. The molecule has 0 aliphatic rings. The van der Waals surface area contributed by atoms with E-state index in [4.69, 9.17) is 4.52 Å². The van der Waals surface area contributed by atoms with Crippen molar-refractivity contribution in [1.82, 2.24) is 10.1 Å². The zero-order valence-corrected chi connectivity index (χ0v) is 11.0. The summed E-state index contributed by atoms with van der Waals surface area (Å²) in [5, 5.41) is 5.44. The molecule has 3 aromatic heterocycles. The van der Waals surface area contributed by atoms with Gasteiger partial charge in [0.2, 0.25) is 11.6 Å². The van der Waals surface area contributed by atoms with Crippen LogP contribution in [0.25, 0.3) is 0 Å². The first-order valence-corrected chi connectivity index (χ1v) is 6.63. The molecule has 0 radical (unpaired) electrons. The highest BCUT2D eigenvalue weighted by atomic mass is 32.1. The quantitative estimate of drug-likeness (QED) is 0.688. The molecule has 0 saturated heterocycles. The Morgan fingerprint density at radius 1 is 1.10 bits per heavy atom. The summed E-state index contributed by atoms with van der Waals surface area (Å²) in [5.74, 6) is -0.709. The Labute approximate surface area is 117 Å². The van der Waals surface area contributed by atoms with Crippen molar-refractivity contribution in [2.75, 3.05) is 0 Å². The smallest absolute Gasteiger partial charge is 0.225 e. The second-order valence-corrected chi connectivity index (χ2v) is 4.88. The lowest BCUT2D eigenvalue weighted by Crippen LogP contribution is -2.10. The highest BCUT2D eigenvalue weighted by Crippen LogP contribution is 2.19. The van der Waals surface area contributed by atoms with E-state index in [1.54, 1.807) is 35.7 Å². The van der Waals surface area contributed by atoms with E-state index in [0.717, 1.165) is 0 Å². The van der Waals surface area contributed by atoms with Crippen LogP contribution in [0.5, 0.6) is 0 Å². The van der Waals surface area contributed by atoms with Crippen molar-refractivity contribution in [1.29, 1.82) is 0 Å². The van der Waals surface area contributed by atoms with Crippen LogP contribution >= 0.6 is 11.3 Å². The number of hydrogen-bond donors (Lipinski definition) is 0. The van der Waals surface area contributed by atoms with Gasteiger partial charge < -0.3 is 4.52 Å². The molecule has 0 aliphatic carbocycles. The zero-order chi connectivity index (χ0) is 13.9. The normalized spacial score (nSPS) is 10.4. The monoisotopic (exact) mass is 284 g/mol. The predicted octanol–water partition coefficient (Wildman–Crippen LogP) is 2.59. The third kappa shape index (κ3) is 2.17. The maximum absolute atomic E-state index is 12.3. The summed E-state index contributed by atoms with van der Waals surface area (Å²) in [5.41, 5.74) is 0.390. The summed E-state index contributed by atoms with van der Waals surface area (Å²) in [6.07, 6.45) is 2.69. The third-order valence-corrected chi connectivity index (χ3v) is 3.54. The second-order valence-electron chi connectivity index (χ2n) is 3.93. The number of carbonyl (C=O) groups is 2. The molecule has 0 amide bonds. The maximum atomic E-state index is 12.3. The molecular formula is C14H8N2O3S. The fourth-order valence-electron chi connectivity index (χ4n) is 1.72. The molecule has 3 rings (SSSR count). The molecule has 98 valence electrons. The summed E-state index contributed by atoms with van der Waals surface area (Å²) in [6, 6.07) is 8.43. The minimum Gasteiger partial charge on any atom is -0.363 e. The molecule has 0 fully saturated rings. The van der Waals surface area contributed by atoms with Crippen LogP contribution in [0.2, 0.25) is 0 Å². The molecule has 5 nitrogen and oxygen atoms in total. The molecule has 0 bridgehead atoms. The van der Waals surface area contributed by atoms with Gasteiger partial charge in [0.05, 0.1) is 10.4 Å². The second kappa shape index (κ2) is 5.18. The first kappa shape index (κ1) is 12.4. The molecule has 0 unspecified atom stereocenters. The minimum atomic E-state index is -0.383. The van der Waals surface area contributed by atoms with E-state index in [-0.39, 0.29) is 28.5 Å². The fourth-order valence-corrected chi connectivity index (χ4v) is 2.39. The zero-order valence-electron chi connectivity index (χ0n) is 10.1. The van der Waals surface area contributed by atoms with Gasteiger partial charge in [0.1, 0.15) is 12.0 Å². The summed E-state index contributed by atoms with van der Waals surface area (Å²) in [7, 11) is 0. The first-order valence-electron chi connectivity index (χ1n) is 5.75. The SMILES string of the molecule is O=C(c1ccccn1)c1conc1C(=O)c1cccs1. The largest absolute Gasteiger partial charge is 0.363 e. The molecule has 0 aliphatic heterocycles. The number of aromatic nitrogens is 2. The van der Waals surface area contributed by atoms with E-state index >= 15 is 0 Å². The van der Waals surface area contributed by atoms with Gasteiger partial charge in [-0.15, -0.1) is 11.3 Å². The number of nitrogens with zero attached hydrogens (tertiary/aromatic N) is 2. The molecule has 0 aromatic carbocycles. The summed E-state index contributed by atoms with van der Waals surface area (Å²) in [4.78, 5) is 29.0. The van der Waals surface area contributed by atoms with Crippen LogP contribution in [0.3, 0.4) is 0 Å². The molecule has 20 heavy (non-hydrogen) atoms. The predicted molar refractivity (Wildman–Crippen MR) is 71.9 cm³/mol. The maximum Gasteiger partial charge on any atom is 0.225 e. The number of rotatable bonds is 4. The van der Waals surface area contributed by atoms with Gasteiger partial charge >= 0.3 is 0 Å². The van der Waals surface area contributed by atoms with Gasteiger partial charge in [-0.1, -0.05) is 17.3 Å². The third-order valence-electron chi connectivity index (χ3n) is 2.67. The number of carbonyl (C=O) groups excluding carboxylic acids is 2. The molecule has 3 aromatic rings. The number of ketones is 2. The van der Waals surface area contributed by atoms with Crippen LogP contribution in [0.4, 0.5) is 0 Å². The standard InChI is InChI=1S/C14H8N2O3S/c17-13(10-4-1-2-6-15-10)9-8-19-16-12(9)14(18)11-5-3-7-20-11/h1-8H. The van der Waals surface area contributed by atoms with Crippen LogP contribution in [0, 0.1) is 0 Å². The topological polar surface area (TPSA) is 73.1 Å². The molecule has 0 spiro atoms. The van der Waals surface area contributed by atoms with Crippen molar-refractivity contribution in [3.8, 4) is 0 Å². The van der Waals surface area contributed by atoms with Crippen LogP contribution in [-0.4, -0.2) is 21.7 Å². The van der Waals surface area contributed by atoms with Gasteiger partial charge in [-0.05, 0) is 23.6 Å². The van der Waals surface area contributed by atoms with Crippen molar-refractivity contribution in [2.45, 2.75) is 0 Å². The average molecular weight is 284 g/mol. The van der Waals surface area contributed by atoms with E-state index in [0.29, 0.717) is 4.88 Å². The Morgan fingerprint density at radius 3 is 2.70 bits per heavy atom. The number of hydrogen-bond acceptors (Lipinski definition) is 6. The van der Waals surface area contributed by atoms with E-state index < -0.39 is 0 Å². The molecule has 0 N–H and O–H groups in total.